The highest BCUT2D eigenvalue weighted by Gasteiger charge is 2.07. The molecular formula is C9H10BrNO3. The summed E-state index contributed by atoms with van der Waals surface area (Å²) >= 11 is 3.12. The molecule has 0 bridgehead atoms. The highest BCUT2D eigenvalue weighted by molar-refractivity contribution is 9.10. The van der Waals surface area contributed by atoms with Crippen molar-refractivity contribution in [3.8, 4) is 0 Å². The molecule has 1 aromatic heterocycles. The molecule has 5 heteroatoms. The van der Waals surface area contributed by atoms with Crippen LogP contribution in [0.3, 0.4) is 0 Å². The fraction of sp³-hybridized carbons (Fsp3) is 0.333. The molecule has 0 fully saturated rings. The summed E-state index contributed by atoms with van der Waals surface area (Å²) in [4.78, 5) is 25.2. The standard InChI is InChI=1S/C9H10BrNO3/c1-2-14-9(13)3-6-5-11-8(10)4-7(6)12/h4-5H,2-3H2,1H3,(H,11,12). The van der Waals surface area contributed by atoms with Crippen LogP contribution in [0, 0.1) is 0 Å². The topological polar surface area (TPSA) is 59.2 Å². The molecule has 0 aliphatic carbocycles. The fourth-order valence-electron chi connectivity index (χ4n) is 0.982. The number of hydrogen-bond acceptors (Lipinski definition) is 3. The molecule has 1 aromatic rings. The van der Waals surface area contributed by atoms with Crippen LogP contribution in [0.5, 0.6) is 0 Å². The van der Waals surface area contributed by atoms with Gasteiger partial charge < -0.3 is 9.72 Å². The molecule has 1 N–H and O–H groups in total. The van der Waals surface area contributed by atoms with Crippen LogP contribution in [-0.2, 0) is 16.0 Å². The van der Waals surface area contributed by atoms with E-state index in [2.05, 4.69) is 20.9 Å². The molecule has 4 nitrogen and oxygen atoms in total. The lowest BCUT2D eigenvalue weighted by molar-refractivity contribution is -0.142. The van der Waals surface area contributed by atoms with Crippen molar-refractivity contribution in [3.63, 3.8) is 0 Å². The second kappa shape index (κ2) is 4.95. The van der Waals surface area contributed by atoms with E-state index in [4.69, 9.17) is 4.74 Å². The van der Waals surface area contributed by atoms with E-state index in [-0.39, 0.29) is 17.8 Å². The molecule has 0 aliphatic heterocycles. The summed E-state index contributed by atoms with van der Waals surface area (Å²) in [5.41, 5.74) is 0.232. The lowest BCUT2D eigenvalue weighted by Gasteiger charge is -2.01. The predicted molar refractivity (Wildman–Crippen MR) is 55.1 cm³/mol. The number of carbonyl (C=O) groups is 1. The summed E-state index contributed by atoms with van der Waals surface area (Å²) in [6, 6.07) is 1.38. The second-order valence-corrected chi connectivity index (χ2v) is 3.51. The zero-order valence-electron chi connectivity index (χ0n) is 7.67. The molecule has 0 atom stereocenters. The number of aromatic nitrogens is 1. The van der Waals surface area contributed by atoms with E-state index in [1.165, 1.54) is 12.3 Å². The zero-order valence-corrected chi connectivity index (χ0v) is 9.26. The third kappa shape index (κ3) is 2.99. The minimum Gasteiger partial charge on any atom is -0.466 e. The summed E-state index contributed by atoms with van der Waals surface area (Å²) in [6.07, 6.45) is 1.51. The number of esters is 1. The Morgan fingerprint density at radius 2 is 2.36 bits per heavy atom. The molecule has 14 heavy (non-hydrogen) atoms. The van der Waals surface area contributed by atoms with Gasteiger partial charge >= 0.3 is 5.97 Å². The van der Waals surface area contributed by atoms with Crippen LogP contribution >= 0.6 is 15.9 Å². The summed E-state index contributed by atoms with van der Waals surface area (Å²) in [5.74, 6) is -0.389. The zero-order chi connectivity index (χ0) is 10.6. The van der Waals surface area contributed by atoms with Gasteiger partial charge in [0.15, 0.2) is 5.43 Å². The van der Waals surface area contributed by atoms with E-state index in [1.807, 2.05) is 0 Å². The van der Waals surface area contributed by atoms with Crippen LogP contribution in [0.1, 0.15) is 12.5 Å². The Morgan fingerprint density at radius 3 is 2.93 bits per heavy atom. The molecule has 1 heterocycles. The van der Waals surface area contributed by atoms with E-state index in [1.54, 1.807) is 6.92 Å². The third-order valence-corrected chi connectivity index (χ3v) is 2.06. The smallest absolute Gasteiger partial charge is 0.310 e. The summed E-state index contributed by atoms with van der Waals surface area (Å²) < 4.78 is 5.32. The number of ether oxygens (including phenoxy) is 1. The van der Waals surface area contributed by atoms with E-state index in [0.29, 0.717) is 16.8 Å². The van der Waals surface area contributed by atoms with Gasteiger partial charge in [0.2, 0.25) is 0 Å². The molecular weight excluding hydrogens is 250 g/mol. The Balaban J connectivity index is 2.77. The Morgan fingerprint density at radius 1 is 1.64 bits per heavy atom. The predicted octanol–water partition coefficient (Wildman–Crippen LogP) is 1.24. The Labute approximate surface area is 89.4 Å². The molecule has 0 saturated carbocycles. The van der Waals surface area contributed by atoms with Crippen LogP contribution in [0.4, 0.5) is 0 Å². The van der Waals surface area contributed by atoms with Crippen molar-refractivity contribution in [1.82, 2.24) is 4.98 Å². The van der Waals surface area contributed by atoms with Gasteiger partial charge in [-0.2, -0.15) is 0 Å². The van der Waals surface area contributed by atoms with E-state index < -0.39 is 0 Å². The van der Waals surface area contributed by atoms with E-state index in [9.17, 15) is 9.59 Å². The first-order valence-electron chi connectivity index (χ1n) is 4.16. The average Bonchev–Trinajstić information content (AvgIpc) is 2.10. The normalized spacial score (nSPS) is 9.86. The molecule has 1 rings (SSSR count). The number of pyridine rings is 1. The van der Waals surface area contributed by atoms with Gasteiger partial charge in [-0.25, -0.2) is 0 Å². The molecule has 0 radical (unpaired) electrons. The fourth-order valence-corrected chi connectivity index (χ4v) is 1.30. The van der Waals surface area contributed by atoms with Crippen LogP contribution in [0.15, 0.2) is 21.7 Å². The molecule has 0 saturated heterocycles. The van der Waals surface area contributed by atoms with Gasteiger partial charge in [0.25, 0.3) is 0 Å². The number of rotatable bonds is 3. The van der Waals surface area contributed by atoms with Crippen molar-refractivity contribution in [1.29, 1.82) is 0 Å². The number of hydrogen-bond donors (Lipinski definition) is 1. The Bertz CT molecular complexity index is 386. The first-order valence-corrected chi connectivity index (χ1v) is 4.95. The third-order valence-electron chi connectivity index (χ3n) is 1.60. The minimum absolute atomic E-state index is 0.0104. The average molecular weight is 260 g/mol. The summed E-state index contributed by atoms with van der Waals surface area (Å²) in [6.45, 7) is 2.05. The lowest BCUT2D eigenvalue weighted by atomic mass is 10.2. The van der Waals surface area contributed by atoms with Gasteiger partial charge in [-0.15, -0.1) is 0 Å². The van der Waals surface area contributed by atoms with Gasteiger partial charge in [-0.05, 0) is 22.9 Å². The molecule has 0 aromatic carbocycles. The summed E-state index contributed by atoms with van der Waals surface area (Å²) in [7, 11) is 0. The highest BCUT2D eigenvalue weighted by atomic mass is 79.9. The molecule has 0 amide bonds. The van der Waals surface area contributed by atoms with Crippen LogP contribution in [-0.4, -0.2) is 17.6 Å². The van der Waals surface area contributed by atoms with Crippen LogP contribution in [0.2, 0.25) is 0 Å². The van der Waals surface area contributed by atoms with Gasteiger partial charge in [0, 0.05) is 17.8 Å². The van der Waals surface area contributed by atoms with E-state index in [0.717, 1.165) is 0 Å². The van der Waals surface area contributed by atoms with Crippen molar-refractivity contribution in [2.75, 3.05) is 6.61 Å². The number of aromatic amines is 1. The number of H-pyrrole nitrogens is 1. The van der Waals surface area contributed by atoms with Crippen molar-refractivity contribution >= 4 is 21.9 Å². The SMILES string of the molecule is CCOC(=O)Cc1c[nH]c(Br)cc1=O. The summed E-state index contributed by atoms with van der Waals surface area (Å²) in [5, 5.41) is 0. The van der Waals surface area contributed by atoms with Gasteiger partial charge in [-0.1, -0.05) is 0 Å². The quantitative estimate of drug-likeness (QED) is 0.657. The Kier molecular flexibility index (Phi) is 3.88. The number of halogens is 1. The second-order valence-electron chi connectivity index (χ2n) is 2.65. The van der Waals surface area contributed by atoms with Gasteiger partial charge in [-0.3, -0.25) is 9.59 Å². The lowest BCUT2D eigenvalue weighted by Crippen LogP contribution is -2.15. The van der Waals surface area contributed by atoms with Crippen LogP contribution < -0.4 is 5.43 Å². The maximum Gasteiger partial charge on any atom is 0.310 e. The highest BCUT2D eigenvalue weighted by Crippen LogP contribution is 2.02. The number of nitrogens with one attached hydrogen (secondary N) is 1. The van der Waals surface area contributed by atoms with Gasteiger partial charge in [0.1, 0.15) is 0 Å². The largest absolute Gasteiger partial charge is 0.466 e. The molecule has 0 aliphatic rings. The maximum absolute atomic E-state index is 11.3. The van der Waals surface area contributed by atoms with Crippen molar-refractivity contribution in [2.24, 2.45) is 0 Å². The first kappa shape index (κ1) is 11.0. The van der Waals surface area contributed by atoms with Crippen LogP contribution in [0.25, 0.3) is 0 Å². The van der Waals surface area contributed by atoms with Gasteiger partial charge in [0.05, 0.1) is 17.6 Å². The molecule has 0 unspecified atom stereocenters. The Hall–Kier alpha value is -1.10. The molecule has 0 spiro atoms. The maximum atomic E-state index is 11.3. The number of carbonyl (C=O) groups excluding carboxylic acids is 1. The molecule has 76 valence electrons. The van der Waals surface area contributed by atoms with Crippen molar-refractivity contribution < 1.29 is 9.53 Å². The monoisotopic (exact) mass is 259 g/mol. The minimum atomic E-state index is -0.389. The first-order chi connectivity index (χ1) is 6.63. The van der Waals surface area contributed by atoms with Crippen molar-refractivity contribution in [3.05, 3.63) is 32.7 Å². The van der Waals surface area contributed by atoms with Crippen molar-refractivity contribution in [2.45, 2.75) is 13.3 Å². The van der Waals surface area contributed by atoms with E-state index >= 15 is 0 Å².